The minimum atomic E-state index is -0.270. The Kier molecular flexibility index (Phi) is 7.16. The van der Waals surface area contributed by atoms with Gasteiger partial charge in [-0.2, -0.15) is 0 Å². The molecule has 1 aliphatic heterocycles. The summed E-state index contributed by atoms with van der Waals surface area (Å²) in [4.78, 5) is 30.5. The first-order valence-corrected chi connectivity index (χ1v) is 8.63. The molecule has 1 unspecified atom stereocenters. The molecule has 0 aromatic heterocycles. The molecule has 0 saturated carbocycles. The molecule has 6 heteroatoms. The van der Waals surface area contributed by atoms with Gasteiger partial charge in [-0.25, -0.2) is 0 Å². The van der Waals surface area contributed by atoms with Gasteiger partial charge in [-0.3, -0.25) is 19.4 Å². The number of hydrogen-bond acceptors (Lipinski definition) is 4. The van der Waals surface area contributed by atoms with Crippen LogP contribution < -0.4 is 5.32 Å². The van der Waals surface area contributed by atoms with Crippen LogP contribution >= 0.6 is 0 Å². The summed E-state index contributed by atoms with van der Waals surface area (Å²) in [5, 5.41) is 2.80. The molecule has 1 saturated heterocycles. The van der Waals surface area contributed by atoms with E-state index in [9.17, 15) is 9.59 Å². The van der Waals surface area contributed by atoms with Gasteiger partial charge in [0, 0.05) is 46.8 Å². The minimum Gasteiger partial charge on any atom is -0.352 e. The first-order chi connectivity index (χ1) is 12.0. The molecule has 1 aromatic rings. The van der Waals surface area contributed by atoms with E-state index in [-0.39, 0.29) is 17.9 Å². The Morgan fingerprint density at radius 3 is 2.40 bits per heavy atom. The number of piperazine rings is 1. The highest BCUT2D eigenvalue weighted by atomic mass is 16.2. The van der Waals surface area contributed by atoms with Gasteiger partial charge in [0.25, 0.3) is 0 Å². The summed E-state index contributed by atoms with van der Waals surface area (Å²) in [6.45, 7) is 7.53. The SMILES string of the molecule is C=CCNC(=O)CN1CCN(C(C(=O)N(C)C)c2ccccc2)CC1. The Balaban J connectivity index is 1.99. The summed E-state index contributed by atoms with van der Waals surface area (Å²) in [5.41, 5.74) is 1.01. The second-order valence-electron chi connectivity index (χ2n) is 6.45. The molecular formula is C19H28N4O2. The fraction of sp³-hybridized carbons (Fsp3) is 0.474. The largest absolute Gasteiger partial charge is 0.352 e. The molecule has 2 amide bonds. The lowest BCUT2D eigenvalue weighted by Gasteiger charge is -2.39. The van der Waals surface area contributed by atoms with Gasteiger partial charge < -0.3 is 10.2 Å². The zero-order chi connectivity index (χ0) is 18.2. The highest BCUT2D eigenvalue weighted by Crippen LogP contribution is 2.24. The number of amides is 2. The van der Waals surface area contributed by atoms with Crippen LogP contribution in [-0.2, 0) is 9.59 Å². The zero-order valence-electron chi connectivity index (χ0n) is 15.1. The van der Waals surface area contributed by atoms with Crippen LogP contribution in [0.25, 0.3) is 0 Å². The summed E-state index contributed by atoms with van der Waals surface area (Å²) in [5.74, 6) is 0.0979. The Morgan fingerprint density at radius 1 is 1.20 bits per heavy atom. The number of nitrogens with zero attached hydrogens (tertiary/aromatic N) is 3. The molecule has 0 radical (unpaired) electrons. The molecule has 1 fully saturated rings. The molecule has 0 bridgehead atoms. The lowest BCUT2D eigenvalue weighted by Crippen LogP contribution is -2.52. The van der Waals surface area contributed by atoms with Gasteiger partial charge in [0.1, 0.15) is 6.04 Å². The molecule has 1 aromatic carbocycles. The zero-order valence-corrected chi connectivity index (χ0v) is 15.1. The molecule has 1 aliphatic rings. The Bertz CT molecular complexity index is 580. The second kappa shape index (κ2) is 9.34. The number of hydrogen-bond donors (Lipinski definition) is 1. The van der Waals surface area contributed by atoms with Crippen LogP contribution in [0.1, 0.15) is 11.6 Å². The maximum absolute atomic E-state index is 12.7. The first-order valence-electron chi connectivity index (χ1n) is 8.63. The van der Waals surface area contributed by atoms with Crippen LogP contribution in [0.5, 0.6) is 0 Å². The standard InChI is InChI=1S/C19H28N4O2/c1-4-10-20-17(24)15-22-11-13-23(14-12-22)18(19(25)21(2)3)16-8-6-5-7-9-16/h4-9,18H,1,10-15H2,2-3H3,(H,20,24). The molecule has 136 valence electrons. The topological polar surface area (TPSA) is 55.9 Å². The number of likely N-dealkylation sites (N-methyl/N-ethyl adjacent to an activating group) is 1. The second-order valence-corrected chi connectivity index (χ2v) is 6.45. The monoisotopic (exact) mass is 344 g/mol. The van der Waals surface area contributed by atoms with Crippen LogP contribution in [0.15, 0.2) is 43.0 Å². The average molecular weight is 344 g/mol. The van der Waals surface area contributed by atoms with Crippen molar-refractivity contribution in [1.29, 1.82) is 0 Å². The number of rotatable bonds is 7. The quantitative estimate of drug-likeness (QED) is 0.741. The molecule has 1 heterocycles. The molecule has 2 rings (SSSR count). The molecule has 25 heavy (non-hydrogen) atoms. The summed E-state index contributed by atoms with van der Waals surface area (Å²) in [7, 11) is 3.58. The van der Waals surface area contributed by atoms with Gasteiger partial charge in [0.2, 0.25) is 11.8 Å². The Morgan fingerprint density at radius 2 is 1.84 bits per heavy atom. The predicted octanol–water partition coefficient (Wildman–Crippen LogP) is 0.736. The Hall–Kier alpha value is -2.18. The molecule has 1 atom stereocenters. The van der Waals surface area contributed by atoms with Gasteiger partial charge in [-0.1, -0.05) is 36.4 Å². The molecule has 0 spiro atoms. The van der Waals surface area contributed by atoms with Crippen molar-refractivity contribution in [2.24, 2.45) is 0 Å². The highest BCUT2D eigenvalue weighted by molar-refractivity contribution is 5.83. The Labute approximate surface area is 150 Å². The minimum absolute atomic E-state index is 0.0114. The third-order valence-electron chi connectivity index (χ3n) is 4.37. The van der Waals surface area contributed by atoms with Crippen molar-refractivity contribution >= 4 is 11.8 Å². The maximum Gasteiger partial charge on any atom is 0.244 e. The van der Waals surface area contributed by atoms with Crippen molar-refractivity contribution in [3.8, 4) is 0 Å². The van der Waals surface area contributed by atoms with Gasteiger partial charge in [0.15, 0.2) is 0 Å². The lowest BCUT2D eigenvalue weighted by molar-refractivity contribution is -0.136. The highest BCUT2D eigenvalue weighted by Gasteiger charge is 2.31. The van der Waals surface area contributed by atoms with Crippen molar-refractivity contribution in [3.63, 3.8) is 0 Å². The van der Waals surface area contributed by atoms with E-state index in [0.717, 1.165) is 31.7 Å². The van der Waals surface area contributed by atoms with E-state index in [2.05, 4.69) is 21.7 Å². The van der Waals surface area contributed by atoms with Crippen molar-refractivity contribution in [1.82, 2.24) is 20.0 Å². The number of carbonyl (C=O) groups is 2. The molecule has 1 N–H and O–H groups in total. The fourth-order valence-electron chi connectivity index (χ4n) is 3.01. The van der Waals surface area contributed by atoms with E-state index in [1.54, 1.807) is 25.1 Å². The van der Waals surface area contributed by atoms with Gasteiger partial charge in [-0.15, -0.1) is 6.58 Å². The summed E-state index contributed by atoms with van der Waals surface area (Å²) in [6.07, 6.45) is 1.67. The maximum atomic E-state index is 12.7. The van der Waals surface area contributed by atoms with Gasteiger partial charge in [0.05, 0.1) is 6.54 Å². The summed E-state index contributed by atoms with van der Waals surface area (Å²) in [6, 6.07) is 9.62. The molecule has 0 aliphatic carbocycles. The normalized spacial score (nSPS) is 16.9. The summed E-state index contributed by atoms with van der Waals surface area (Å²) < 4.78 is 0. The number of nitrogens with one attached hydrogen (secondary N) is 1. The van der Waals surface area contributed by atoms with E-state index < -0.39 is 0 Å². The number of benzene rings is 1. The van der Waals surface area contributed by atoms with Gasteiger partial charge >= 0.3 is 0 Å². The average Bonchev–Trinajstić information content (AvgIpc) is 2.62. The van der Waals surface area contributed by atoms with Gasteiger partial charge in [-0.05, 0) is 5.56 Å². The van der Waals surface area contributed by atoms with E-state index in [0.29, 0.717) is 13.1 Å². The van der Waals surface area contributed by atoms with E-state index >= 15 is 0 Å². The number of carbonyl (C=O) groups excluding carboxylic acids is 2. The van der Waals surface area contributed by atoms with Crippen LogP contribution in [0.4, 0.5) is 0 Å². The third-order valence-corrected chi connectivity index (χ3v) is 4.37. The molecule has 6 nitrogen and oxygen atoms in total. The lowest BCUT2D eigenvalue weighted by atomic mass is 10.0. The smallest absolute Gasteiger partial charge is 0.244 e. The summed E-state index contributed by atoms with van der Waals surface area (Å²) >= 11 is 0. The predicted molar refractivity (Wildman–Crippen MR) is 99.1 cm³/mol. The van der Waals surface area contributed by atoms with E-state index in [4.69, 9.17) is 0 Å². The van der Waals surface area contributed by atoms with Crippen LogP contribution in [0.2, 0.25) is 0 Å². The fourth-order valence-corrected chi connectivity index (χ4v) is 3.01. The first kappa shape index (κ1) is 19.1. The van der Waals surface area contributed by atoms with Crippen molar-refractivity contribution in [2.45, 2.75) is 6.04 Å². The third kappa shape index (κ3) is 5.41. The van der Waals surface area contributed by atoms with Crippen molar-refractivity contribution in [3.05, 3.63) is 48.6 Å². The van der Waals surface area contributed by atoms with Crippen LogP contribution in [0, 0.1) is 0 Å². The van der Waals surface area contributed by atoms with Crippen LogP contribution in [0.3, 0.4) is 0 Å². The van der Waals surface area contributed by atoms with Crippen molar-refractivity contribution in [2.75, 3.05) is 53.4 Å². The van der Waals surface area contributed by atoms with Crippen LogP contribution in [-0.4, -0.2) is 79.9 Å². The molecular weight excluding hydrogens is 316 g/mol. The van der Waals surface area contributed by atoms with Crippen molar-refractivity contribution < 1.29 is 9.59 Å². The van der Waals surface area contributed by atoms with E-state index in [1.807, 2.05) is 30.3 Å². The van der Waals surface area contributed by atoms with E-state index in [1.165, 1.54) is 0 Å².